The second kappa shape index (κ2) is 4.19. The van der Waals surface area contributed by atoms with E-state index in [2.05, 4.69) is 4.98 Å². The lowest BCUT2D eigenvalue weighted by atomic mass is 10.1. The zero-order chi connectivity index (χ0) is 11.4. The molecule has 0 aliphatic carbocycles. The average molecular weight is 204 g/mol. The largest absolute Gasteiger partial charge is 0.378 e. The summed E-state index contributed by atoms with van der Waals surface area (Å²) in [6, 6.07) is 1.80. The molecule has 0 atom stereocenters. The molecule has 6 heteroatoms. The Morgan fingerprint density at radius 3 is 2.93 bits per heavy atom. The van der Waals surface area contributed by atoms with Crippen LogP contribution in [0.3, 0.4) is 0 Å². The topological polar surface area (TPSA) is 106 Å². The highest BCUT2D eigenvalue weighted by Gasteiger charge is 2.18. The number of hydrogen-bond donors (Lipinski definition) is 1. The molecule has 1 rings (SSSR count). The van der Waals surface area contributed by atoms with E-state index in [1.165, 1.54) is 18.3 Å². The molecule has 0 aromatic carbocycles. The minimum absolute atomic E-state index is 0.119. The van der Waals surface area contributed by atoms with E-state index in [0.29, 0.717) is 11.1 Å². The smallest absolute Gasteiger partial charge is 0.314 e. The molecule has 0 saturated carbocycles. The van der Waals surface area contributed by atoms with Crippen molar-refractivity contribution in [3.8, 4) is 6.07 Å². The van der Waals surface area contributed by atoms with Crippen LogP contribution in [0.4, 0.5) is 11.5 Å². The average Bonchev–Trinajstić information content (AvgIpc) is 2.16. The molecule has 0 unspecified atom stereocenters. The van der Waals surface area contributed by atoms with Crippen LogP contribution in [0.5, 0.6) is 0 Å². The Balaban J connectivity index is 3.36. The van der Waals surface area contributed by atoms with Gasteiger partial charge in [0, 0.05) is 23.4 Å². The second-order valence-electron chi connectivity index (χ2n) is 2.79. The Morgan fingerprint density at radius 2 is 2.40 bits per heavy atom. The highest BCUT2D eigenvalue weighted by molar-refractivity contribution is 5.66. The van der Waals surface area contributed by atoms with Crippen LogP contribution in [0, 0.1) is 28.4 Å². The summed E-state index contributed by atoms with van der Waals surface area (Å²) in [5.41, 5.74) is 6.08. The van der Waals surface area contributed by atoms with Gasteiger partial charge in [-0.05, 0) is 13.0 Å². The van der Waals surface area contributed by atoms with Crippen LogP contribution < -0.4 is 5.73 Å². The highest BCUT2D eigenvalue weighted by atomic mass is 16.6. The maximum atomic E-state index is 10.7. The van der Waals surface area contributed by atoms with E-state index in [1.54, 1.807) is 13.0 Å². The monoisotopic (exact) mass is 204 g/mol. The number of nitrogen functional groups attached to an aromatic ring is 1. The number of anilines is 1. The number of pyridine rings is 1. The van der Waals surface area contributed by atoms with Crippen LogP contribution >= 0.6 is 0 Å². The molecule has 15 heavy (non-hydrogen) atoms. The summed E-state index contributed by atoms with van der Waals surface area (Å²) in [6.45, 7) is 1.56. The fourth-order valence-corrected chi connectivity index (χ4v) is 1.15. The molecule has 0 aliphatic rings. The summed E-state index contributed by atoms with van der Waals surface area (Å²) in [7, 11) is 0. The Kier molecular flexibility index (Phi) is 2.98. The first-order valence-corrected chi connectivity index (χ1v) is 4.03. The molecule has 0 saturated heterocycles. The van der Waals surface area contributed by atoms with Crippen molar-refractivity contribution < 1.29 is 4.92 Å². The van der Waals surface area contributed by atoms with Gasteiger partial charge in [0.05, 0.1) is 11.0 Å². The molecule has 76 valence electrons. The van der Waals surface area contributed by atoms with Crippen molar-refractivity contribution in [3.63, 3.8) is 0 Å². The fraction of sp³-hybridized carbons (Fsp3) is 0.111. The quantitative estimate of drug-likeness (QED) is 0.445. The van der Waals surface area contributed by atoms with Gasteiger partial charge in [-0.25, -0.2) is 4.98 Å². The summed E-state index contributed by atoms with van der Waals surface area (Å²) in [5.74, 6) is -0.119. The van der Waals surface area contributed by atoms with Crippen LogP contribution in [-0.2, 0) is 0 Å². The van der Waals surface area contributed by atoms with Crippen LogP contribution in [0.25, 0.3) is 6.08 Å². The van der Waals surface area contributed by atoms with E-state index in [0.717, 1.165) is 0 Å². The van der Waals surface area contributed by atoms with Gasteiger partial charge in [0.25, 0.3) is 0 Å². The Hall–Kier alpha value is -2.42. The number of allylic oxidation sites excluding steroid dienone is 1. The van der Waals surface area contributed by atoms with Crippen LogP contribution in [0.15, 0.2) is 12.3 Å². The van der Waals surface area contributed by atoms with Crippen LogP contribution in [0.2, 0.25) is 0 Å². The maximum Gasteiger partial charge on any atom is 0.314 e. The molecule has 2 N–H and O–H groups in total. The molecule has 1 aromatic rings. The first-order valence-electron chi connectivity index (χ1n) is 4.03. The third-order valence-corrected chi connectivity index (χ3v) is 1.89. The van der Waals surface area contributed by atoms with Crippen molar-refractivity contribution in [2.24, 2.45) is 0 Å². The number of nitrogens with two attached hydrogens (primary N) is 1. The first-order chi connectivity index (χ1) is 7.07. The molecular weight excluding hydrogens is 196 g/mol. The summed E-state index contributed by atoms with van der Waals surface area (Å²) in [6.07, 6.45) is 4.07. The van der Waals surface area contributed by atoms with E-state index in [-0.39, 0.29) is 11.5 Å². The van der Waals surface area contributed by atoms with Gasteiger partial charge in [0.1, 0.15) is 0 Å². The van der Waals surface area contributed by atoms with Gasteiger partial charge >= 0.3 is 5.69 Å². The molecule has 0 fully saturated rings. The first kappa shape index (κ1) is 10.7. The lowest BCUT2D eigenvalue weighted by Crippen LogP contribution is -2.02. The zero-order valence-electron chi connectivity index (χ0n) is 7.97. The molecule has 0 amide bonds. The Labute approximate surface area is 85.8 Å². The van der Waals surface area contributed by atoms with E-state index < -0.39 is 4.92 Å². The van der Waals surface area contributed by atoms with Gasteiger partial charge in [-0.3, -0.25) is 10.1 Å². The molecule has 0 bridgehead atoms. The number of hydrogen-bond acceptors (Lipinski definition) is 5. The number of nitro groups is 1. The fourth-order valence-electron chi connectivity index (χ4n) is 1.15. The molecule has 0 spiro atoms. The van der Waals surface area contributed by atoms with E-state index in [9.17, 15) is 10.1 Å². The van der Waals surface area contributed by atoms with Gasteiger partial charge in [0.15, 0.2) is 0 Å². The van der Waals surface area contributed by atoms with Crippen molar-refractivity contribution >= 4 is 17.6 Å². The molecular formula is C9H8N4O2. The van der Waals surface area contributed by atoms with Crippen molar-refractivity contribution in [3.05, 3.63) is 33.5 Å². The predicted molar refractivity (Wildman–Crippen MR) is 54.7 cm³/mol. The van der Waals surface area contributed by atoms with Crippen LogP contribution in [0.1, 0.15) is 11.1 Å². The Morgan fingerprint density at radius 1 is 1.73 bits per heavy atom. The van der Waals surface area contributed by atoms with Gasteiger partial charge in [-0.15, -0.1) is 0 Å². The molecule has 1 aromatic heterocycles. The molecule has 0 aliphatic heterocycles. The van der Waals surface area contributed by atoms with E-state index in [1.807, 2.05) is 0 Å². The van der Waals surface area contributed by atoms with Gasteiger partial charge in [0.2, 0.25) is 5.82 Å². The van der Waals surface area contributed by atoms with Crippen molar-refractivity contribution in [1.82, 2.24) is 4.98 Å². The lowest BCUT2D eigenvalue weighted by molar-refractivity contribution is -0.384. The molecule has 0 radical (unpaired) electrons. The van der Waals surface area contributed by atoms with Crippen LogP contribution in [-0.4, -0.2) is 9.91 Å². The summed E-state index contributed by atoms with van der Waals surface area (Å²) < 4.78 is 0. The van der Waals surface area contributed by atoms with Gasteiger partial charge in [-0.1, -0.05) is 0 Å². The van der Waals surface area contributed by atoms with Gasteiger partial charge in [-0.2, -0.15) is 5.26 Å². The third-order valence-electron chi connectivity index (χ3n) is 1.89. The minimum atomic E-state index is -0.582. The molecule has 6 nitrogen and oxygen atoms in total. The van der Waals surface area contributed by atoms with Crippen molar-refractivity contribution in [2.45, 2.75) is 6.92 Å². The maximum absolute atomic E-state index is 10.7. The highest BCUT2D eigenvalue weighted by Crippen LogP contribution is 2.26. The lowest BCUT2D eigenvalue weighted by Gasteiger charge is -2.02. The number of rotatable bonds is 2. The summed E-state index contributed by atoms with van der Waals surface area (Å²) in [4.78, 5) is 13.8. The van der Waals surface area contributed by atoms with Crippen molar-refractivity contribution in [1.29, 1.82) is 5.26 Å². The SMILES string of the molecule is Cc1c(C=CC#N)cnc(N)c1[N+](=O)[O-]. The van der Waals surface area contributed by atoms with E-state index >= 15 is 0 Å². The van der Waals surface area contributed by atoms with E-state index in [4.69, 9.17) is 11.0 Å². The standard InChI is InChI=1S/C9H8N4O2/c1-6-7(3-2-4-10)5-12-9(11)8(6)13(14)15/h2-3,5H,1H3,(H2,11,12). The number of aromatic nitrogens is 1. The number of nitriles is 1. The zero-order valence-corrected chi connectivity index (χ0v) is 7.97. The van der Waals surface area contributed by atoms with Crippen molar-refractivity contribution in [2.75, 3.05) is 5.73 Å². The summed E-state index contributed by atoms with van der Waals surface area (Å²) in [5, 5.41) is 19.0. The summed E-state index contributed by atoms with van der Waals surface area (Å²) >= 11 is 0. The third kappa shape index (κ3) is 2.08. The predicted octanol–water partition coefficient (Wildman–Crippen LogP) is 1.42. The Bertz CT molecular complexity index is 474. The second-order valence-corrected chi connectivity index (χ2v) is 2.79. The number of nitrogens with zero attached hydrogens (tertiary/aromatic N) is 3. The minimum Gasteiger partial charge on any atom is -0.378 e. The molecule has 1 heterocycles. The van der Waals surface area contributed by atoms with Gasteiger partial charge < -0.3 is 5.73 Å². The normalized spacial score (nSPS) is 10.1.